The lowest BCUT2D eigenvalue weighted by molar-refractivity contribution is -0.119. The van der Waals surface area contributed by atoms with Crippen molar-refractivity contribution in [3.8, 4) is 11.3 Å². The first-order valence-electron chi connectivity index (χ1n) is 9.79. The molecule has 3 rings (SSSR count). The van der Waals surface area contributed by atoms with Crippen LogP contribution in [-0.4, -0.2) is 47.4 Å². The molecule has 5 nitrogen and oxygen atoms in total. The normalized spacial score (nSPS) is 16.4. The number of hydrogen-bond donors (Lipinski definition) is 1. The van der Waals surface area contributed by atoms with E-state index < -0.39 is 0 Å². The van der Waals surface area contributed by atoms with Crippen molar-refractivity contribution in [3.63, 3.8) is 0 Å². The fraction of sp³-hybridized carbons (Fsp3) is 0.455. The van der Waals surface area contributed by atoms with E-state index in [0.717, 1.165) is 23.5 Å². The predicted molar refractivity (Wildman–Crippen MR) is 114 cm³/mol. The summed E-state index contributed by atoms with van der Waals surface area (Å²) in [5.74, 6) is 3.27. The largest absolute Gasteiger partial charge is 0.451 e. The first-order valence-corrected chi connectivity index (χ1v) is 10.9. The number of rotatable bonds is 7. The summed E-state index contributed by atoms with van der Waals surface area (Å²) in [6.45, 7) is 6.74. The summed E-state index contributed by atoms with van der Waals surface area (Å²) in [5.41, 5.74) is 2.22. The summed E-state index contributed by atoms with van der Waals surface area (Å²) in [6.07, 6.45) is 0.973. The van der Waals surface area contributed by atoms with Crippen molar-refractivity contribution >= 4 is 23.6 Å². The molecule has 1 aliphatic heterocycles. The molecule has 1 aromatic carbocycles. The molecule has 1 fully saturated rings. The van der Waals surface area contributed by atoms with Gasteiger partial charge in [-0.3, -0.25) is 9.59 Å². The van der Waals surface area contributed by atoms with Gasteiger partial charge in [0, 0.05) is 37.4 Å². The number of furan rings is 1. The van der Waals surface area contributed by atoms with Gasteiger partial charge in [0.25, 0.3) is 5.91 Å². The van der Waals surface area contributed by atoms with Crippen LogP contribution in [0.5, 0.6) is 0 Å². The van der Waals surface area contributed by atoms with E-state index in [2.05, 4.69) is 31.3 Å². The van der Waals surface area contributed by atoms with Gasteiger partial charge in [-0.05, 0) is 41.9 Å². The number of hydrogen-bond acceptors (Lipinski definition) is 4. The number of benzene rings is 1. The highest BCUT2D eigenvalue weighted by atomic mass is 32.2. The molecule has 1 aliphatic rings. The van der Waals surface area contributed by atoms with Crippen LogP contribution in [0.4, 0.5) is 0 Å². The lowest BCUT2D eigenvalue weighted by Crippen LogP contribution is -2.44. The van der Waals surface area contributed by atoms with E-state index in [1.54, 1.807) is 6.07 Å². The Hall–Kier alpha value is -2.21. The fourth-order valence-corrected chi connectivity index (χ4v) is 4.59. The van der Waals surface area contributed by atoms with Gasteiger partial charge in [-0.1, -0.05) is 32.0 Å². The third-order valence-corrected chi connectivity index (χ3v) is 6.13. The zero-order chi connectivity index (χ0) is 20.1. The van der Waals surface area contributed by atoms with Crippen LogP contribution in [0, 0.1) is 0 Å². The van der Waals surface area contributed by atoms with Crippen molar-refractivity contribution in [3.05, 3.63) is 47.7 Å². The quantitative estimate of drug-likeness (QED) is 0.758. The lowest BCUT2D eigenvalue weighted by atomic mass is 10.0. The van der Waals surface area contributed by atoms with Crippen LogP contribution in [0.15, 0.2) is 40.8 Å². The van der Waals surface area contributed by atoms with E-state index >= 15 is 0 Å². The minimum atomic E-state index is -0.107. The van der Waals surface area contributed by atoms with Gasteiger partial charge in [-0.2, -0.15) is 11.8 Å². The summed E-state index contributed by atoms with van der Waals surface area (Å²) in [5, 5.41) is 2.78. The highest BCUT2D eigenvalue weighted by Crippen LogP contribution is 2.28. The van der Waals surface area contributed by atoms with Crippen LogP contribution in [0.3, 0.4) is 0 Å². The van der Waals surface area contributed by atoms with E-state index in [9.17, 15) is 9.59 Å². The Labute approximate surface area is 170 Å². The van der Waals surface area contributed by atoms with Crippen LogP contribution in [0.25, 0.3) is 11.3 Å². The lowest BCUT2D eigenvalue weighted by Gasteiger charge is -2.27. The first-order chi connectivity index (χ1) is 13.5. The van der Waals surface area contributed by atoms with Crippen molar-refractivity contribution in [2.45, 2.75) is 39.2 Å². The third kappa shape index (κ3) is 4.98. The van der Waals surface area contributed by atoms with E-state index in [1.165, 1.54) is 12.5 Å². The molecule has 2 aromatic rings. The highest BCUT2D eigenvalue weighted by Gasteiger charge is 2.29. The SMILES string of the molecule is CC(=O)NCCN(C(=O)c1ccc(-c2cccc(C(C)C)c2)o1)C1CCSC1. The van der Waals surface area contributed by atoms with Crippen LogP contribution in [-0.2, 0) is 4.79 Å². The first kappa shape index (κ1) is 20.5. The molecule has 0 bridgehead atoms. The minimum absolute atomic E-state index is 0.0847. The Morgan fingerprint density at radius 1 is 1.29 bits per heavy atom. The number of nitrogens with zero attached hydrogens (tertiary/aromatic N) is 1. The standard InChI is InChI=1S/C22H28N2O3S/c1-15(2)17-5-4-6-18(13-17)20-7-8-21(27-20)22(26)24(11-10-23-16(3)25)19-9-12-28-14-19/h4-8,13,15,19H,9-12,14H2,1-3H3,(H,23,25). The van der Waals surface area contributed by atoms with Crippen LogP contribution in [0.1, 0.15) is 49.2 Å². The van der Waals surface area contributed by atoms with Gasteiger partial charge in [-0.15, -0.1) is 0 Å². The maximum Gasteiger partial charge on any atom is 0.289 e. The second kappa shape index (κ2) is 9.32. The smallest absolute Gasteiger partial charge is 0.289 e. The number of amides is 2. The molecule has 2 amide bonds. The summed E-state index contributed by atoms with van der Waals surface area (Å²) >= 11 is 1.86. The molecule has 150 valence electrons. The monoisotopic (exact) mass is 400 g/mol. The Bertz CT molecular complexity index is 825. The Morgan fingerprint density at radius 3 is 2.79 bits per heavy atom. The third-order valence-electron chi connectivity index (χ3n) is 4.99. The molecule has 0 spiro atoms. The maximum absolute atomic E-state index is 13.1. The number of carbonyl (C=O) groups is 2. The molecule has 6 heteroatoms. The van der Waals surface area contributed by atoms with Crippen LogP contribution >= 0.6 is 11.8 Å². The van der Waals surface area contributed by atoms with Crippen LogP contribution < -0.4 is 5.32 Å². The molecule has 1 atom stereocenters. The predicted octanol–water partition coefficient (Wildman–Crippen LogP) is 4.15. The average molecular weight is 401 g/mol. The minimum Gasteiger partial charge on any atom is -0.451 e. The number of nitrogens with one attached hydrogen (secondary N) is 1. The van der Waals surface area contributed by atoms with Gasteiger partial charge in [0.15, 0.2) is 5.76 Å². The molecule has 1 saturated heterocycles. The summed E-state index contributed by atoms with van der Waals surface area (Å²) < 4.78 is 5.95. The van der Waals surface area contributed by atoms with Gasteiger partial charge in [0.05, 0.1) is 0 Å². The van der Waals surface area contributed by atoms with Crippen molar-refractivity contribution < 1.29 is 14.0 Å². The summed E-state index contributed by atoms with van der Waals surface area (Å²) in [6, 6.07) is 12.0. The van der Waals surface area contributed by atoms with Gasteiger partial charge in [-0.25, -0.2) is 0 Å². The molecular weight excluding hydrogens is 372 g/mol. The Kier molecular flexibility index (Phi) is 6.83. The summed E-state index contributed by atoms with van der Waals surface area (Å²) in [7, 11) is 0. The number of thioether (sulfide) groups is 1. The fourth-order valence-electron chi connectivity index (χ4n) is 3.37. The molecule has 0 saturated carbocycles. The van der Waals surface area contributed by atoms with Crippen molar-refractivity contribution in [2.75, 3.05) is 24.6 Å². The molecule has 0 aliphatic carbocycles. The molecule has 1 N–H and O–H groups in total. The Morgan fingerprint density at radius 2 is 2.11 bits per heavy atom. The zero-order valence-electron chi connectivity index (χ0n) is 16.7. The molecule has 28 heavy (non-hydrogen) atoms. The average Bonchev–Trinajstić information content (AvgIpc) is 3.36. The van der Waals surface area contributed by atoms with Crippen molar-refractivity contribution in [1.29, 1.82) is 0 Å². The second-order valence-corrected chi connectivity index (χ2v) is 8.59. The molecule has 1 aromatic heterocycles. The van der Waals surface area contributed by atoms with Gasteiger partial charge < -0.3 is 14.6 Å². The highest BCUT2D eigenvalue weighted by molar-refractivity contribution is 7.99. The summed E-state index contributed by atoms with van der Waals surface area (Å²) in [4.78, 5) is 26.2. The van der Waals surface area contributed by atoms with Crippen molar-refractivity contribution in [1.82, 2.24) is 10.2 Å². The van der Waals surface area contributed by atoms with Crippen LogP contribution in [0.2, 0.25) is 0 Å². The molecule has 1 unspecified atom stereocenters. The van der Waals surface area contributed by atoms with Gasteiger partial charge in [0.1, 0.15) is 5.76 Å². The van der Waals surface area contributed by atoms with E-state index in [1.807, 2.05) is 34.9 Å². The maximum atomic E-state index is 13.1. The number of carbonyl (C=O) groups excluding carboxylic acids is 2. The zero-order valence-corrected chi connectivity index (χ0v) is 17.6. The van der Waals surface area contributed by atoms with E-state index in [4.69, 9.17) is 4.42 Å². The second-order valence-electron chi connectivity index (χ2n) is 7.44. The molecular formula is C22H28N2O3S. The van der Waals surface area contributed by atoms with E-state index in [0.29, 0.717) is 30.5 Å². The molecule has 2 heterocycles. The van der Waals surface area contributed by atoms with Gasteiger partial charge >= 0.3 is 0 Å². The Balaban J connectivity index is 1.78. The topological polar surface area (TPSA) is 62.6 Å². The van der Waals surface area contributed by atoms with Gasteiger partial charge in [0.2, 0.25) is 5.91 Å². The molecule has 0 radical (unpaired) electrons. The van der Waals surface area contributed by atoms with E-state index in [-0.39, 0.29) is 17.9 Å². The van der Waals surface area contributed by atoms with Crippen molar-refractivity contribution in [2.24, 2.45) is 0 Å².